The minimum Gasteiger partial charge on any atom is -0.321 e. The first-order valence-electron chi connectivity index (χ1n) is 16.6. The van der Waals surface area contributed by atoms with Crippen molar-refractivity contribution in [2.45, 2.75) is 31.3 Å². The van der Waals surface area contributed by atoms with Gasteiger partial charge in [0.1, 0.15) is 5.84 Å². The lowest BCUT2D eigenvalue weighted by Gasteiger charge is -2.34. The fourth-order valence-electron chi connectivity index (χ4n) is 8.09. The Bertz CT molecular complexity index is 2330. The van der Waals surface area contributed by atoms with Gasteiger partial charge in [0.05, 0.1) is 18.2 Å². The molecule has 0 amide bonds. The number of anilines is 1. The van der Waals surface area contributed by atoms with Crippen molar-refractivity contribution in [3.63, 3.8) is 0 Å². The fourth-order valence-corrected chi connectivity index (χ4v) is 8.09. The second-order valence-corrected chi connectivity index (χ2v) is 12.9. The zero-order valence-electron chi connectivity index (χ0n) is 26.1. The normalized spacial score (nSPS) is 19.1. The van der Waals surface area contributed by atoms with Crippen LogP contribution in [0.15, 0.2) is 151 Å². The number of nitriles is 1. The summed E-state index contributed by atoms with van der Waals surface area (Å²) in [5, 5.41) is 17.2. The van der Waals surface area contributed by atoms with E-state index in [-0.39, 0.29) is 18.0 Å². The second kappa shape index (κ2) is 11.3. The Kier molecular flexibility index (Phi) is 6.61. The SMILES string of the molecule is N#CC1CCC2C(C1)N=C(c1cccc(-c3c4ccccc4c(-c4ccc5ccccc5c4)c4ccccc34)c1)N2c1ccccc1. The van der Waals surface area contributed by atoms with Crippen LogP contribution >= 0.6 is 0 Å². The third kappa shape index (κ3) is 4.60. The molecular weight excluding hydrogens is 571 g/mol. The molecule has 1 heterocycles. The van der Waals surface area contributed by atoms with Gasteiger partial charge in [0.2, 0.25) is 0 Å². The van der Waals surface area contributed by atoms with E-state index in [0.29, 0.717) is 0 Å². The van der Waals surface area contributed by atoms with Gasteiger partial charge in [0, 0.05) is 17.2 Å². The predicted molar refractivity (Wildman–Crippen MR) is 196 cm³/mol. The Morgan fingerprint density at radius 1 is 0.553 bits per heavy atom. The van der Waals surface area contributed by atoms with Crippen LogP contribution in [0.3, 0.4) is 0 Å². The van der Waals surface area contributed by atoms with Crippen molar-refractivity contribution >= 4 is 43.8 Å². The van der Waals surface area contributed by atoms with Gasteiger partial charge in [-0.1, -0.05) is 121 Å². The molecule has 1 aliphatic carbocycles. The van der Waals surface area contributed by atoms with Crippen molar-refractivity contribution in [3.05, 3.63) is 151 Å². The number of rotatable bonds is 4. The van der Waals surface area contributed by atoms with Crippen molar-refractivity contribution < 1.29 is 0 Å². The van der Waals surface area contributed by atoms with Crippen molar-refractivity contribution in [2.24, 2.45) is 10.9 Å². The quantitative estimate of drug-likeness (QED) is 0.188. The summed E-state index contributed by atoms with van der Waals surface area (Å²) < 4.78 is 0. The zero-order valence-corrected chi connectivity index (χ0v) is 26.1. The summed E-state index contributed by atoms with van der Waals surface area (Å²) >= 11 is 0. The maximum atomic E-state index is 9.74. The Balaban J connectivity index is 1.24. The molecule has 0 N–H and O–H groups in total. The smallest absolute Gasteiger partial charge is 0.136 e. The van der Waals surface area contributed by atoms with E-state index in [1.165, 1.54) is 54.6 Å². The number of nitrogens with zero attached hydrogens (tertiary/aromatic N) is 3. The largest absolute Gasteiger partial charge is 0.321 e. The molecule has 3 heteroatoms. The van der Waals surface area contributed by atoms with E-state index in [1.807, 2.05) is 0 Å². The van der Waals surface area contributed by atoms with Gasteiger partial charge in [-0.25, -0.2) is 0 Å². The highest BCUT2D eigenvalue weighted by atomic mass is 15.3. The minimum atomic E-state index is 0.0714. The fraction of sp³-hybridized carbons (Fsp3) is 0.136. The topological polar surface area (TPSA) is 39.4 Å². The minimum absolute atomic E-state index is 0.0714. The summed E-state index contributed by atoms with van der Waals surface area (Å²) in [6, 6.07) is 55.7. The van der Waals surface area contributed by atoms with Crippen LogP contribution in [-0.2, 0) is 0 Å². The van der Waals surface area contributed by atoms with Crippen LogP contribution in [0, 0.1) is 17.2 Å². The lowest BCUT2D eigenvalue weighted by Crippen LogP contribution is -2.43. The Morgan fingerprint density at radius 2 is 1.15 bits per heavy atom. The van der Waals surface area contributed by atoms with E-state index in [4.69, 9.17) is 4.99 Å². The Morgan fingerprint density at radius 3 is 1.83 bits per heavy atom. The summed E-state index contributed by atoms with van der Waals surface area (Å²) in [5.41, 5.74) is 7.20. The van der Waals surface area contributed by atoms with Gasteiger partial charge in [0.15, 0.2) is 0 Å². The van der Waals surface area contributed by atoms with Crippen LogP contribution in [0.2, 0.25) is 0 Å². The van der Waals surface area contributed by atoms with Crippen molar-refractivity contribution in [2.75, 3.05) is 4.90 Å². The summed E-state index contributed by atoms with van der Waals surface area (Å²) in [7, 11) is 0. The molecule has 1 saturated carbocycles. The number of amidine groups is 1. The summed E-state index contributed by atoms with van der Waals surface area (Å²) in [5.74, 6) is 1.08. The van der Waals surface area contributed by atoms with E-state index >= 15 is 0 Å². The van der Waals surface area contributed by atoms with Crippen LogP contribution in [0.4, 0.5) is 5.69 Å². The first-order valence-corrected chi connectivity index (χ1v) is 16.6. The van der Waals surface area contributed by atoms with Crippen molar-refractivity contribution in [1.29, 1.82) is 5.26 Å². The summed E-state index contributed by atoms with van der Waals surface area (Å²) in [6.07, 6.45) is 2.71. The van der Waals surface area contributed by atoms with Gasteiger partial charge in [-0.2, -0.15) is 5.26 Å². The lowest BCUT2D eigenvalue weighted by molar-refractivity contribution is 0.351. The molecule has 0 spiro atoms. The molecule has 2 aliphatic rings. The maximum absolute atomic E-state index is 9.74. The summed E-state index contributed by atoms with van der Waals surface area (Å²) in [4.78, 5) is 7.81. The third-order valence-corrected chi connectivity index (χ3v) is 10.2. The average Bonchev–Trinajstić information content (AvgIpc) is 3.53. The van der Waals surface area contributed by atoms with Gasteiger partial charge in [0.25, 0.3) is 0 Å². The molecule has 0 radical (unpaired) electrons. The van der Waals surface area contributed by atoms with Crippen molar-refractivity contribution in [1.82, 2.24) is 0 Å². The molecule has 0 aromatic heterocycles. The Hall–Kier alpha value is -5.72. The Labute approximate surface area is 275 Å². The predicted octanol–water partition coefficient (Wildman–Crippen LogP) is 10.8. The van der Waals surface area contributed by atoms with Crippen LogP contribution in [0.5, 0.6) is 0 Å². The van der Waals surface area contributed by atoms with E-state index in [1.54, 1.807) is 0 Å². The molecule has 1 aliphatic heterocycles. The molecule has 7 aromatic carbocycles. The molecule has 7 aromatic rings. The molecule has 0 saturated heterocycles. The maximum Gasteiger partial charge on any atom is 0.136 e. The number of hydrogen-bond acceptors (Lipinski definition) is 3. The number of benzene rings is 7. The molecule has 47 heavy (non-hydrogen) atoms. The first-order chi connectivity index (χ1) is 23.3. The van der Waals surface area contributed by atoms with Gasteiger partial charge in [-0.05, 0) is 98.1 Å². The van der Waals surface area contributed by atoms with Gasteiger partial charge in [-0.3, -0.25) is 4.99 Å². The van der Waals surface area contributed by atoms with Crippen LogP contribution in [-0.4, -0.2) is 17.9 Å². The lowest BCUT2D eigenvalue weighted by atomic mass is 9.83. The number of para-hydroxylation sites is 1. The van der Waals surface area contributed by atoms with Gasteiger partial charge >= 0.3 is 0 Å². The van der Waals surface area contributed by atoms with Crippen LogP contribution in [0.25, 0.3) is 54.6 Å². The highest BCUT2D eigenvalue weighted by molar-refractivity contribution is 6.22. The van der Waals surface area contributed by atoms with E-state index in [9.17, 15) is 5.26 Å². The molecule has 0 bridgehead atoms. The van der Waals surface area contributed by atoms with Crippen molar-refractivity contribution in [3.8, 4) is 28.3 Å². The first kappa shape index (κ1) is 27.6. The highest BCUT2D eigenvalue weighted by Crippen LogP contribution is 2.45. The van der Waals surface area contributed by atoms with Crippen LogP contribution < -0.4 is 4.90 Å². The molecule has 3 unspecified atom stereocenters. The molecular formula is C44H33N3. The second-order valence-electron chi connectivity index (χ2n) is 12.9. The molecule has 9 rings (SSSR count). The number of fused-ring (bicyclic) bond motifs is 4. The van der Waals surface area contributed by atoms with Crippen LogP contribution in [0.1, 0.15) is 24.8 Å². The van der Waals surface area contributed by atoms with E-state index in [2.05, 4.69) is 157 Å². The standard InChI is InChI=1S/C44H33N3/c45-28-29-21-24-41-40(25-29)46-44(47(41)35-15-2-1-3-16-35)34-14-10-13-32(27-34)42-36-17-6-8-19-38(36)43(39-20-9-7-18-37(39)42)33-23-22-30-11-4-5-12-31(30)26-33/h1-20,22-23,26-27,29,40-41H,21,24-25H2. The van der Waals surface area contributed by atoms with Gasteiger partial charge in [-0.15, -0.1) is 0 Å². The van der Waals surface area contributed by atoms with E-state index < -0.39 is 0 Å². The monoisotopic (exact) mass is 603 g/mol. The average molecular weight is 604 g/mol. The molecule has 1 fully saturated rings. The molecule has 224 valence electrons. The highest BCUT2D eigenvalue weighted by Gasteiger charge is 2.41. The zero-order chi connectivity index (χ0) is 31.3. The third-order valence-electron chi connectivity index (χ3n) is 10.2. The van der Waals surface area contributed by atoms with Gasteiger partial charge < -0.3 is 4.90 Å². The molecule has 3 nitrogen and oxygen atoms in total. The number of hydrogen-bond donors (Lipinski definition) is 0. The number of aliphatic imine (C=N–C) groups is 1. The molecule has 3 atom stereocenters. The van der Waals surface area contributed by atoms with E-state index in [0.717, 1.165) is 36.3 Å². The summed E-state index contributed by atoms with van der Waals surface area (Å²) in [6.45, 7) is 0.